The molecule has 532 valence electrons. The molecule has 0 aromatic heterocycles. The van der Waals surface area contributed by atoms with Crippen molar-refractivity contribution in [1.82, 2.24) is 0 Å². The SMILES string of the molecule is CC/C=C\C/C=C\C/C=C\C/C=C\C/C=C\C/C=C\C/C=C\C/C=C\C/C=C\CCCCCCCCCCCC(=O)OC(COC(=O)CCCCCCCCCCCCCCCCCCCCCCCCCCCCCCCCC)COP(=O)(O)OCC[N+](C)(C)C. The molecule has 0 aliphatic heterocycles. The van der Waals surface area contributed by atoms with E-state index in [1.165, 1.54) is 212 Å². The Hall–Kier alpha value is -3.33. The zero-order chi connectivity index (χ0) is 66.9. The van der Waals surface area contributed by atoms with Crippen LogP contribution >= 0.6 is 7.82 Å². The van der Waals surface area contributed by atoms with E-state index in [0.717, 1.165) is 103 Å². The molecule has 1 N–H and O–H groups in total. The fourth-order valence-electron chi connectivity index (χ4n) is 11.0. The minimum absolute atomic E-state index is 0.0276. The summed E-state index contributed by atoms with van der Waals surface area (Å²) in [4.78, 5) is 36.0. The van der Waals surface area contributed by atoms with Crippen molar-refractivity contribution >= 4 is 19.8 Å². The molecule has 0 aliphatic carbocycles. The van der Waals surface area contributed by atoms with Crippen LogP contribution in [0.25, 0.3) is 0 Å². The van der Waals surface area contributed by atoms with Gasteiger partial charge in [0.25, 0.3) is 0 Å². The summed E-state index contributed by atoms with van der Waals surface area (Å²) in [6.45, 7) is 4.36. The Kier molecular flexibility index (Phi) is 69.3. The Morgan fingerprint density at radius 3 is 0.924 bits per heavy atom. The minimum atomic E-state index is -4.40. The summed E-state index contributed by atoms with van der Waals surface area (Å²) in [5.74, 6) is -0.795. The molecule has 0 aromatic rings. The number of carbonyl (C=O) groups is 2. The highest BCUT2D eigenvalue weighted by Crippen LogP contribution is 2.43. The third-order valence-electron chi connectivity index (χ3n) is 16.8. The third kappa shape index (κ3) is 75.7. The van der Waals surface area contributed by atoms with E-state index in [9.17, 15) is 19.0 Å². The summed E-state index contributed by atoms with van der Waals surface area (Å²) in [6, 6.07) is 0. The summed E-state index contributed by atoms with van der Waals surface area (Å²) in [6.07, 6.45) is 102. The molecule has 0 saturated carbocycles. The topological polar surface area (TPSA) is 108 Å². The van der Waals surface area contributed by atoms with Crippen molar-refractivity contribution in [2.45, 2.75) is 354 Å². The molecule has 0 radical (unpaired) electrons. The maximum atomic E-state index is 12.9. The van der Waals surface area contributed by atoms with Gasteiger partial charge in [-0.1, -0.05) is 361 Å². The largest absolute Gasteiger partial charge is 0.472 e. The first kappa shape index (κ1) is 88.7. The molecule has 10 heteroatoms. The van der Waals surface area contributed by atoms with E-state index in [2.05, 4.69) is 123 Å². The van der Waals surface area contributed by atoms with Crippen LogP contribution in [0.4, 0.5) is 0 Å². The first-order valence-corrected chi connectivity index (χ1v) is 40.1. The van der Waals surface area contributed by atoms with Gasteiger partial charge in [0.15, 0.2) is 6.10 Å². The predicted octanol–water partition coefficient (Wildman–Crippen LogP) is 25.6. The maximum Gasteiger partial charge on any atom is 0.472 e. The highest BCUT2D eigenvalue weighted by Gasteiger charge is 2.27. The number of unbranched alkanes of at least 4 members (excludes halogenated alkanes) is 39. The lowest BCUT2D eigenvalue weighted by Gasteiger charge is -2.24. The summed E-state index contributed by atoms with van der Waals surface area (Å²) >= 11 is 0. The average Bonchev–Trinajstić information content (AvgIpc) is 2.34. The first-order valence-electron chi connectivity index (χ1n) is 38.6. The Balaban J connectivity index is 4.03. The van der Waals surface area contributed by atoms with Crippen LogP contribution in [-0.2, 0) is 32.7 Å². The van der Waals surface area contributed by atoms with Gasteiger partial charge in [-0.2, -0.15) is 0 Å². The van der Waals surface area contributed by atoms with Gasteiger partial charge in [-0.15, -0.1) is 0 Å². The molecule has 0 rings (SSSR count). The van der Waals surface area contributed by atoms with Crippen LogP contribution in [0.2, 0.25) is 0 Å². The number of phosphoric acid groups is 1. The molecule has 0 amide bonds. The van der Waals surface area contributed by atoms with Gasteiger partial charge < -0.3 is 18.9 Å². The van der Waals surface area contributed by atoms with Gasteiger partial charge in [-0.05, 0) is 83.5 Å². The van der Waals surface area contributed by atoms with Crippen LogP contribution in [0.15, 0.2) is 109 Å². The molecule has 0 aromatic carbocycles. The van der Waals surface area contributed by atoms with Crippen molar-refractivity contribution in [3.8, 4) is 0 Å². The van der Waals surface area contributed by atoms with E-state index < -0.39 is 26.5 Å². The standard InChI is InChI=1S/C82H146NO8P/c1-6-8-10-12-14-16-18-20-22-24-26-28-30-32-34-36-38-39-40-41-42-43-45-47-49-51-53-55-57-59-61-63-65-67-69-71-73-75-82(85)91-80(79-90-92(86,87)89-77-76-83(3,4)5)78-88-81(84)74-72-70-68-66-64-62-60-58-56-54-52-50-48-46-44-37-35-33-31-29-27-25-23-21-19-17-15-13-11-9-7-2/h8,10,14,16,20,22,26,28,32,34,38-39,41-42,45,47,51,53,80H,6-7,9,11-13,15,17-19,21,23-25,27,29-31,33,35-37,40,43-44,46,48-50,52,54-79H2,1-5H3/p+1/b10-8-,16-14-,22-20-,28-26-,34-32-,39-38-,42-41-,47-45-,53-51-. The van der Waals surface area contributed by atoms with Gasteiger partial charge >= 0.3 is 19.8 Å². The monoisotopic (exact) mass is 1310 g/mol. The van der Waals surface area contributed by atoms with Crippen molar-refractivity contribution in [3.05, 3.63) is 109 Å². The summed E-state index contributed by atoms with van der Waals surface area (Å²) in [5, 5.41) is 0. The summed E-state index contributed by atoms with van der Waals surface area (Å²) in [5.41, 5.74) is 0. The molecule has 0 bridgehead atoms. The molecule has 92 heavy (non-hydrogen) atoms. The molecular formula is C82H147NO8P+. The normalized spacial score (nSPS) is 13.7. The van der Waals surface area contributed by atoms with E-state index in [1.54, 1.807) is 0 Å². The number of phosphoric ester groups is 1. The van der Waals surface area contributed by atoms with E-state index in [0.29, 0.717) is 17.4 Å². The first-order chi connectivity index (χ1) is 45.0. The summed E-state index contributed by atoms with van der Waals surface area (Å²) in [7, 11) is 1.48. The van der Waals surface area contributed by atoms with Crippen molar-refractivity contribution < 1.29 is 42.1 Å². The van der Waals surface area contributed by atoms with Crippen molar-refractivity contribution in [3.63, 3.8) is 0 Å². The second kappa shape index (κ2) is 72.0. The highest BCUT2D eigenvalue weighted by atomic mass is 31.2. The zero-order valence-electron chi connectivity index (χ0n) is 60.8. The lowest BCUT2D eigenvalue weighted by Crippen LogP contribution is -2.37. The third-order valence-corrected chi connectivity index (χ3v) is 17.8. The number of quaternary nitrogens is 1. The maximum absolute atomic E-state index is 12.9. The molecule has 0 heterocycles. The fourth-order valence-corrected chi connectivity index (χ4v) is 11.7. The number of ether oxygens (including phenoxy) is 2. The number of nitrogens with zero attached hydrogens (tertiary/aromatic N) is 1. The predicted molar refractivity (Wildman–Crippen MR) is 399 cm³/mol. The van der Waals surface area contributed by atoms with E-state index in [4.69, 9.17) is 18.5 Å². The van der Waals surface area contributed by atoms with Crippen LogP contribution in [0, 0.1) is 0 Å². The van der Waals surface area contributed by atoms with E-state index >= 15 is 0 Å². The second-order valence-electron chi connectivity index (χ2n) is 27.0. The number of hydrogen-bond acceptors (Lipinski definition) is 7. The van der Waals surface area contributed by atoms with Gasteiger partial charge in [0.05, 0.1) is 27.7 Å². The Labute approximate surface area is 569 Å². The van der Waals surface area contributed by atoms with E-state index in [-0.39, 0.29) is 32.0 Å². The Morgan fingerprint density at radius 1 is 0.348 bits per heavy atom. The molecule has 0 aliphatic rings. The smallest absolute Gasteiger partial charge is 0.462 e. The number of carbonyl (C=O) groups excluding carboxylic acids is 2. The average molecular weight is 1310 g/mol. The van der Waals surface area contributed by atoms with Gasteiger partial charge in [0.2, 0.25) is 0 Å². The molecule has 0 fully saturated rings. The van der Waals surface area contributed by atoms with Gasteiger partial charge in [-0.25, -0.2) is 4.57 Å². The van der Waals surface area contributed by atoms with Crippen molar-refractivity contribution in [1.29, 1.82) is 0 Å². The van der Waals surface area contributed by atoms with Crippen LogP contribution < -0.4 is 0 Å². The molecule has 2 unspecified atom stereocenters. The van der Waals surface area contributed by atoms with Crippen LogP contribution in [-0.4, -0.2) is 74.9 Å². The van der Waals surface area contributed by atoms with Crippen molar-refractivity contribution in [2.24, 2.45) is 0 Å². The Bertz CT molecular complexity index is 1920. The fraction of sp³-hybridized carbons (Fsp3) is 0.756. The molecular weight excluding hydrogens is 1160 g/mol. The van der Waals surface area contributed by atoms with Crippen LogP contribution in [0.3, 0.4) is 0 Å². The van der Waals surface area contributed by atoms with E-state index in [1.807, 2.05) is 21.1 Å². The number of esters is 2. The molecule has 0 spiro atoms. The molecule has 2 atom stereocenters. The van der Waals surface area contributed by atoms with Crippen LogP contribution in [0.5, 0.6) is 0 Å². The second-order valence-corrected chi connectivity index (χ2v) is 28.5. The molecule has 9 nitrogen and oxygen atoms in total. The minimum Gasteiger partial charge on any atom is -0.462 e. The van der Waals surface area contributed by atoms with Gasteiger partial charge in [-0.3, -0.25) is 18.6 Å². The zero-order valence-corrected chi connectivity index (χ0v) is 61.7. The number of likely N-dealkylation sites (N-methyl/N-ethyl adjacent to an activating group) is 1. The van der Waals surface area contributed by atoms with Crippen LogP contribution in [0.1, 0.15) is 348 Å². The molecule has 0 saturated heterocycles. The Morgan fingerprint density at radius 2 is 0.620 bits per heavy atom. The van der Waals surface area contributed by atoms with Gasteiger partial charge in [0, 0.05) is 12.8 Å². The number of hydrogen-bond donors (Lipinski definition) is 1. The lowest BCUT2D eigenvalue weighted by molar-refractivity contribution is -0.870. The number of allylic oxidation sites excluding steroid dienone is 18. The quantitative estimate of drug-likeness (QED) is 0.0211. The lowest BCUT2D eigenvalue weighted by atomic mass is 10.0. The van der Waals surface area contributed by atoms with Gasteiger partial charge in [0.1, 0.15) is 19.8 Å². The van der Waals surface area contributed by atoms with Crippen molar-refractivity contribution in [2.75, 3.05) is 47.5 Å². The summed E-state index contributed by atoms with van der Waals surface area (Å²) < 4.78 is 34.8. The highest BCUT2D eigenvalue weighted by molar-refractivity contribution is 7.47. The number of rotatable bonds is 71.